The summed E-state index contributed by atoms with van der Waals surface area (Å²) in [6, 6.07) is 27.6. The van der Waals surface area contributed by atoms with Gasteiger partial charge >= 0.3 is 0 Å². The zero-order chi connectivity index (χ0) is 17.1. The number of benzene rings is 4. The van der Waals surface area contributed by atoms with Crippen molar-refractivity contribution in [1.29, 1.82) is 0 Å². The average molecular weight is 321 g/mol. The zero-order valence-corrected chi connectivity index (χ0v) is 14.0. The van der Waals surface area contributed by atoms with Crippen molar-refractivity contribution in [3.63, 3.8) is 0 Å². The molecular formula is C24H19N. The Morgan fingerprint density at radius 2 is 1.32 bits per heavy atom. The fraction of sp³-hybridized carbons (Fsp3) is 0.0833. The van der Waals surface area contributed by atoms with Gasteiger partial charge in [0.1, 0.15) is 0 Å². The number of hydrogen-bond acceptors (Lipinski definition) is 1. The maximum absolute atomic E-state index is 5.42. The van der Waals surface area contributed by atoms with Gasteiger partial charge in [0.25, 0.3) is 0 Å². The molecule has 0 radical (unpaired) electrons. The van der Waals surface area contributed by atoms with Crippen LogP contribution in [0.5, 0.6) is 0 Å². The second-order valence-corrected chi connectivity index (χ2v) is 6.24. The Hall–Kier alpha value is -3.08. The number of fused-ring (bicyclic) bond motifs is 2. The Bertz CT molecular complexity index is 1010. The minimum absolute atomic E-state index is 0.822. The molecule has 25 heavy (non-hydrogen) atoms. The van der Waals surface area contributed by atoms with Crippen LogP contribution in [0.1, 0.15) is 16.7 Å². The van der Waals surface area contributed by atoms with Crippen molar-refractivity contribution in [3.05, 3.63) is 95.6 Å². The fourth-order valence-corrected chi connectivity index (χ4v) is 3.35. The predicted octanol–water partition coefficient (Wildman–Crippen LogP) is 5.26. The van der Waals surface area contributed by atoms with E-state index in [1.807, 2.05) is 12.1 Å². The molecule has 4 aromatic rings. The summed E-state index contributed by atoms with van der Waals surface area (Å²) in [4.78, 5) is 0. The van der Waals surface area contributed by atoms with Gasteiger partial charge in [-0.1, -0.05) is 66.6 Å². The minimum atomic E-state index is 0.822. The Balaban J connectivity index is 1.64. The van der Waals surface area contributed by atoms with Crippen LogP contribution in [0.15, 0.2) is 78.9 Å². The van der Waals surface area contributed by atoms with E-state index in [0.717, 1.165) is 18.7 Å². The van der Waals surface area contributed by atoms with Crippen LogP contribution in [0.4, 0.5) is 0 Å². The molecule has 0 aromatic heterocycles. The molecule has 1 heteroatoms. The summed E-state index contributed by atoms with van der Waals surface area (Å²) in [6.45, 7) is 1.65. The van der Waals surface area contributed by atoms with Crippen LogP contribution < -0.4 is 5.32 Å². The van der Waals surface area contributed by atoms with Crippen molar-refractivity contribution in [2.45, 2.75) is 13.1 Å². The van der Waals surface area contributed by atoms with Crippen LogP contribution in [0.25, 0.3) is 21.5 Å². The normalized spacial score (nSPS) is 10.8. The molecule has 0 amide bonds. The van der Waals surface area contributed by atoms with Gasteiger partial charge in [0, 0.05) is 18.7 Å². The summed E-state index contributed by atoms with van der Waals surface area (Å²) >= 11 is 0. The lowest BCUT2D eigenvalue weighted by atomic mass is 9.96. The van der Waals surface area contributed by atoms with Crippen molar-refractivity contribution in [1.82, 2.24) is 5.32 Å². The molecule has 0 aliphatic rings. The number of terminal acetylenes is 1. The molecule has 4 aromatic carbocycles. The number of hydrogen-bond donors (Lipinski definition) is 1. The van der Waals surface area contributed by atoms with E-state index >= 15 is 0 Å². The largest absolute Gasteiger partial charge is 0.309 e. The van der Waals surface area contributed by atoms with E-state index in [-0.39, 0.29) is 0 Å². The van der Waals surface area contributed by atoms with Crippen LogP contribution >= 0.6 is 0 Å². The lowest BCUT2D eigenvalue weighted by Crippen LogP contribution is -2.13. The second-order valence-electron chi connectivity index (χ2n) is 6.24. The van der Waals surface area contributed by atoms with Crippen LogP contribution in [-0.4, -0.2) is 0 Å². The molecule has 0 saturated carbocycles. The van der Waals surface area contributed by atoms with E-state index in [9.17, 15) is 0 Å². The second kappa shape index (κ2) is 6.81. The van der Waals surface area contributed by atoms with Crippen molar-refractivity contribution >= 4 is 21.5 Å². The molecule has 1 N–H and O–H groups in total. The SMILES string of the molecule is C#Cc1ccc(CNCc2c3ccccc3cc3ccccc23)cc1. The Morgan fingerprint density at radius 3 is 1.92 bits per heavy atom. The average Bonchev–Trinajstić information content (AvgIpc) is 2.68. The first-order valence-corrected chi connectivity index (χ1v) is 8.51. The van der Waals surface area contributed by atoms with Crippen LogP contribution in [0, 0.1) is 12.3 Å². The quantitative estimate of drug-likeness (QED) is 0.399. The number of nitrogens with one attached hydrogen (secondary N) is 1. The Morgan fingerprint density at radius 1 is 0.720 bits per heavy atom. The predicted molar refractivity (Wildman–Crippen MR) is 106 cm³/mol. The van der Waals surface area contributed by atoms with Gasteiger partial charge in [-0.05, 0) is 50.9 Å². The highest BCUT2D eigenvalue weighted by Gasteiger charge is 2.07. The monoisotopic (exact) mass is 321 g/mol. The first-order chi connectivity index (χ1) is 12.3. The molecular weight excluding hydrogens is 302 g/mol. The van der Waals surface area contributed by atoms with Crippen molar-refractivity contribution < 1.29 is 0 Å². The molecule has 0 fully saturated rings. The molecule has 1 nitrogen and oxygen atoms in total. The molecule has 0 spiro atoms. The van der Waals surface area contributed by atoms with Gasteiger partial charge in [0.2, 0.25) is 0 Å². The van der Waals surface area contributed by atoms with E-state index < -0.39 is 0 Å². The summed E-state index contributed by atoms with van der Waals surface area (Å²) < 4.78 is 0. The van der Waals surface area contributed by atoms with Crippen molar-refractivity contribution in [3.8, 4) is 12.3 Å². The van der Waals surface area contributed by atoms with E-state index in [0.29, 0.717) is 0 Å². The molecule has 0 saturated heterocycles. The first-order valence-electron chi connectivity index (χ1n) is 8.51. The van der Waals surface area contributed by atoms with Crippen molar-refractivity contribution in [2.24, 2.45) is 0 Å². The third-order valence-electron chi connectivity index (χ3n) is 4.63. The van der Waals surface area contributed by atoms with Gasteiger partial charge < -0.3 is 5.32 Å². The molecule has 0 aliphatic carbocycles. The first kappa shape index (κ1) is 15.4. The summed E-state index contributed by atoms with van der Waals surface area (Å²) in [5, 5.41) is 8.80. The molecule has 0 heterocycles. The molecule has 0 unspecified atom stereocenters. The highest BCUT2D eigenvalue weighted by atomic mass is 14.8. The van der Waals surface area contributed by atoms with Gasteiger partial charge in [-0.2, -0.15) is 0 Å². The van der Waals surface area contributed by atoms with E-state index in [1.165, 1.54) is 32.7 Å². The van der Waals surface area contributed by atoms with Gasteiger partial charge in [-0.3, -0.25) is 0 Å². The molecule has 0 atom stereocenters. The molecule has 4 rings (SSSR count). The summed E-state index contributed by atoms with van der Waals surface area (Å²) in [7, 11) is 0. The lowest BCUT2D eigenvalue weighted by Gasteiger charge is -2.13. The third-order valence-corrected chi connectivity index (χ3v) is 4.63. The summed E-state index contributed by atoms with van der Waals surface area (Å²) in [6.07, 6.45) is 5.42. The standard InChI is InChI=1S/C24H19N/c1-2-18-11-13-19(14-12-18)16-25-17-24-22-9-5-3-7-20(22)15-21-8-4-6-10-23(21)24/h1,3-15,25H,16-17H2. The van der Waals surface area contributed by atoms with Crippen molar-refractivity contribution in [2.75, 3.05) is 0 Å². The highest BCUT2D eigenvalue weighted by molar-refractivity contribution is 6.02. The van der Waals surface area contributed by atoms with Crippen LogP contribution in [-0.2, 0) is 13.1 Å². The maximum atomic E-state index is 5.42. The Labute approximate surface area is 148 Å². The molecule has 0 bridgehead atoms. The fourth-order valence-electron chi connectivity index (χ4n) is 3.35. The van der Waals surface area contributed by atoms with E-state index in [4.69, 9.17) is 6.42 Å². The van der Waals surface area contributed by atoms with E-state index in [1.54, 1.807) is 0 Å². The zero-order valence-electron chi connectivity index (χ0n) is 14.0. The van der Waals surface area contributed by atoms with Crippen LogP contribution in [0.3, 0.4) is 0 Å². The van der Waals surface area contributed by atoms with Gasteiger partial charge in [-0.15, -0.1) is 6.42 Å². The van der Waals surface area contributed by atoms with E-state index in [2.05, 4.69) is 78.0 Å². The van der Waals surface area contributed by atoms with Gasteiger partial charge in [-0.25, -0.2) is 0 Å². The van der Waals surface area contributed by atoms with Crippen LogP contribution in [0.2, 0.25) is 0 Å². The number of rotatable bonds is 4. The van der Waals surface area contributed by atoms with Gasteiger partial charge in [0.05, 0.1) is 0 Å². The summed E-state index contributed by atoms with van der Waals surface area (Å²) in [5.41, 5.74) is 3.52. The van der Waals surface area contributed by atoms with Gasteiger partial charge in [0.15, 0.2) is 0 Å². The highest BCUT2D eigenvalue weighted by Crippen LogP contribution is 2.28. The minimum Gasteiger partial charge on any atom is -0.309 e. The maximum Gasteiger partial charge on any atom is 0.0242 e. The topological polar surface area (TPSA) is 12.0 Å². The smallest absolute Gasteiger partial charge is 0.0242 e. The third kappa shape index (κ3) is 3.13. The molecule has 120 valence electrons. The summed E-state index contributed by atoms with van der Waals surface area (Å²) in [5.74, 6) is 2.66. The lowest BCUT2D eigenvalue weighted by molar-refractivity contribution is 0.699. The molecule has 0 aliphatic heterocycles. The Kier molecular flexibility index (Phi) is 4.21.